The molecule has 0 aromatic carbocycles. The first-order valence-electron chi connectivity index (χ1n) is 9.56. The molecular weight excluding hydrogens is 356 g/mol. The Bertz CT molecular complexity index is 588. The number of nitrogens with zero attached hydrogens (tertiary/aromatic N) is 1. The molecule has 2 amide bonds. The molecule has 2 rings (SSSR count). The summed E-state index contributed by atoms with van der Waals surface area (Å²) in [5, 5.41) is 2.73. The number of rotatable bonds is 7. The average Bonchev–Trinajstić information content (AvgIpc) is 2.61. The van der Waals surface area contributed by atoms with E-state index in [0.717, 1.165) is 25.7 Å². The maximum atomic E-state index is 12.4. The van der Waals surface area contributed by atoms with Crippen LogP contribution in [0.15, 0.2) is 0 Å². The van der Waals surface area contributed by atoms with E-state index in [0.29, 0.717) is 38.4 Å². The maximum Gasteiger partial charge on any atom is 0.239 e. The number of carbonyl (C=O) groups is 2. The van der Waals surface area contributed by atoms with Crippen LogP contribution in [0, 0.1) is 11.8 Å². The largest absolute Gasteiger partial charge is 0.355 e. The molecule has 1 heterocycles. The van der Waals surface area contributed by atoms with E-state index < -0.39 is 21.7 Å². The van der Waals surface area contributed by atoms with E-state index in [1.165, 1.54) is 4.90 Å². The van der Waals surface area contributed by atoms with Gasteiger partial charge >= 0.3 is 0 Å². The molecule has 1 aliphatic heterocycles. The predicted octanol–water partition coefficient (Wildman–Crippen LogP) is -0.202. The standard InChI is InChI=1S/C17H32N4O4S/c1-13-4-6-15(7-5-13)20-26(24,25)12-16(22)21-10-2-3-14(11-21)17(23)19-9-8-18/h13-15,20H,2-12,18H2,1H3,(H,19,23). The number of hydrogen-bond acceptors (Lipinski definition) is 5. The molecule has 0 aromatic heterocycles. The monoisotopic (exact) mass is 388 g/mol. The Morgan fingerprint density at radius 3 is 2.50 bits per heavy atom. The summed E-state index contributed by atoms with van der Waals surface area (Å²) in [5.74, 6) is -0.762. The SMILES string of the molecule is CC1CCC(NS(=O)(=O)CC(=O)N2CCCC(C(=O)NCCN)C2)CC1. The number of likely N-dealkylation sites (tertiary alicyclic amines) is 1. The average molecular weight is 389 g/mol. The molecule has 2 fully saturated rings. The molecule has 150 valence electrons. The van der Waals surface area contributed by atoms with Crippen molar-refractivity contribution in [3.63, 3.8) is 0 Å². The van der Waals surface area contributed by atoms with Crippen LogP contribution in [-0.4, -0.2) is 63.1 Å². The number of amides is 2. The molecule has 0 radical (unpaired) electrons. The van der Waals surface area contributed by atoms with Gasteiger partial charge in [0.2, 0.25) is 21.8 Å². The van der Waals surface area contributed by atoms with Crippen molar-refractivity contribution in [3.8, 4) is 0 Å². The first kappa shape index (κ1) is 21.1. The van der Waals surface area contributed by atoms with Gasteiger partial charge in [-0.2, -0.15) is 0 Å². The van der Waals surface area contributed by atoms with E-state index in [1.807, 2.05) is 0 Å². The van der Waals surface area contributed by atoms with Crippen molar-refractivity contribution in [1.82, 2.24) is 14.9 Å². The highest BCUT2D eigenvalue weighted by Crippen LogP contribution is 2.24. The van der Waals surface area contributed by atoms with Crippen LogP contribution in [0.25, 0.3) is 0 Å². The fraction of sp³-hybridized carbons (Fsp3) is 0.882. The number of sulfonamides is 1. The molecule has 1 unspecified atom stereocenters. The quantitative estimate of drug-likeness (QED) is 0.557. The first-order valence-corrected chi connectivity index (χ1v) is 11.2. The minimum atomic E-state index is -3.66. The number of nitrogens with two attached hydrogens (primary N) is 1. The lowest BCUT2D eigenvalue weighted by molar-refractivity contribution is -0.133. The summed E-state index contributed by atoms with van der Waals surface area (Å²) >= 11 is 0. The highest BCUT2D eigenvalue weighted by molar-refractivity contribution is 7.90. The summed E-state index contributed by atoms with van der Waals surface area (Å²) in [5.41, 5.74) is 5.38. The van der Waals surface area contributed by atoms with Gasteiger partial charge in [-0.3, -0.25) is 9.59 Å². The lowest BCUT2D eigenvalue weighted by Gasteiger charge is -2.32. The lowest BCUT2D eigenvalue weighted by atomic mass is 9.88. The molecule has 26 heavy (non-hydrogen) atoms. The van der Waals surface area contributed by atoms with Crippen LogP contribution in [-0.2, 0) is 19.6 Å². The van der Waals surface area contributed by atoms with Gasteiger partial charge in [-0.1, -0.05) is 6.92 Å². The van der Waals surface area contributed by atoms with Gasteiger partial charge in [0.25, 0.3) is 0 Å². The summed E-state index contributed by atoms with van der Waals surface area (Å²) in [6.07, 6.45) is 5.05. The zero-order valence-electron chi connectivity index (χ0n) is 15.6. The normalized spacial score (nSPS) is 27.2. The summed E-state index contributed by atoms with van der Waals surface area (Å²) in [6.45, 7) is 3.71. The van der Waals surface area contributed by atoms with Crippen molar-refractivity contribution < 1.29 is 18.0 Å². The number of nitrogens with one attached hydrogen (secondary N) is 2. The zero-order valence-corrected chi connectivity index (χ0v) is 16.4. The Balaban J connectivity index is 1.84. The smallest absolute Gasteiger partial charge is 0.239 e. The molecule has 1 saturated heterocycles. The molecule has 9 heteroatoms. The van der Waals surface area contributed by atoms with Crippen molar-refractivity contribution in [2.24, 2.45) is 17.6 Å². The molecule has 1 atom stereocenters. The Morgan fingerprint density at radius 2 is 1.85 bits per heavy atom. The minimum Gasteiger partial charge on any atom is -0.355 e. The van der Waals surface area contributed by atoms with E-state index in [-0.39, 0.29) is 24.4 Å². The summed E-state index contributed by atoms with van der Waals surface area (Å²) < 4.78 is 27.4. The van der Waals surface area contributed by atoms with E-state index in [2.05, 4.69) is 17.0 Å². The van der Waals surface area contributed by atoms with Crippen molar-refractivity contribution in [3.05, 3.63) is 0 Å². The zero-order chi connectivity index (χ0) is 19.2. The van der Waals surface area contributed by atoms with Gasteiger partial charge in [-0.25, -0.2) is 13.1 Å². The maximum absolute atomic E-state index is 12.4. The van der Waals surface area contributed by atoms with Crippen LogP contribution in [0.4, 0.5) is 0 Å². The number of carbonyl (C=O) groups excluding carboxylic acids is 2. The van der Waals surface area contributed by atoms with E-state index >= 15 is 0 Å². The van der Waals surface area contributed by atoms with Gasteiger partial charge in [-0.05, 0) is 44.4 Å². The lowest BCUT2D eigenvalue weighted by Crippen LogP contribution is -2.49. The highest BCUT2D eigenvalue weighted by atomic mass is 32.2. The second kappa shape index (κ2) is 9.66. The Labute approximate surface area is 156 Å². The molecule has 0 aromatic rings. The van der Waals surface area contributed by atoms with E-state index in [4.69, 9.17) is 5.73 Å². The van der Waals surface area contributed by atoms with Crippen LogP contribution in [0.5, 0.6) is 0 Å². The molecule has 0 spiro atoms. The topological polar surface area (TPSA) is 122 Å². The first-order chi connectivity index (χ1) is 12.3. The van der Waals surface area contributed by atoms with Crippen molar-refractivity contribution in [2.75, 3.05) is 31.9 Å². The fourth-order valence-corrected chi connectivity index (χ4v) is 5.02. The summed E-state index contributed by atoms with van der Waals surface area (Å²) in [7, 11) is -3.66. The van der Waals surface area contributed by atoms with Crippen LogP contribution >= 0.6 is 0 Å². The number of hydrogen-bond donors (Lipinski definition) is 3. The van der Waals surface area contributed by atoms with Gasteiger partial charge in [0.05, 0.1) is 5.92 Å². The molecule has 8 nitrogen and oxygen atoms in total. The third-order valence-corrected chi connectivity index (χ3v) is 6.58. The van der Waals surface area contributed by atoms with Crippen LogP contribution in [0.3, 0.4) is 0 Å². The molecule has 0 bridgehead atoms. The van der Waals surface area contributed by atoms with Crippen molar-refractivity contribution >= 4 is 21.8 Å². The highest BCUT2D eigenvalue weighted by Gasteiger charge is 2.31. The third-order valence-electron chi connectivity index (χ3n) is 5.26. The summed E-state index contributed by atoms with van der Waals surface area (Å²) in [4.78, 5) is 26.0. The number of piperidine rings is 1. The second-order valence-electron chi connectivity index (χ2n) is 7.59. The molecular formula is C17H32N4O4S. The van der Waals surface area contributed by atoms with Gasteiger partial charge in [0.1, 0.15) is 5.75 Å². The molecule has 1 aliphatic carbocycles. The molecule has 4 N–H and O–H groups in total. The minimum absolute atomic E-state index is 0.0693. The van der Waals surface area contributed by atoms with Gasteiger partial charge in [0, 0.05) is 32.2 Å². The van der Waals surface area contributed by atoms with Crippen LogP contribution in [0.1, 0.15) is 45.4 Å². The van der Waals surface area contributed by atoms with Gasteiger partial charge in [0.15, 0.2) is 0 Å². The Kier molecular flexibility index (Phi) is 7.85. The predicted molar refractivity (Wildman–Crippen MR) is 99.7 cm³/mol. The third kappa shape index (κ3) is 6.51. The van der Waals surface area contributed by atoms with Gasteiger partial charge < -0.3 is 16.0 Å². The Morgan fingerprint density at radius 1 is 1.15 bits per heavy atom. The van der Waals surface area contributed by atoms with Crippen molar-refractivity contribution in [2.45, 2.75) is 51.5 Å². The van der Waals surface area contributed by atoms with Crippen molar-refractivity contribution in [1.29, 1.82) is 0 Å². The fourth-order valence-electron chi connectivity index (χ4n) is 3.68. The molecule has 2 aliphatic rings. The second-order valence-corrected chi connectivity index (χ2v) is 9.35. The Hall–Kier alpha value is -1.19. The van der Waals surface area contributed by atoms with Crippen LogP contribution < -0.4 is 15.8 Å². The van der Waals surface area contributed by atoms with Crippen LogP contribution in [0.2, 0.25) is 0 Å². The van der Waals surface area contributed by atoms with E-state index in [1.54, 1.807) is 0 Å². The summed E-state index contributed by atoms with van der Waals surface area (Å²) in [6, 6.07) is -0.0693. The van der Waals surface area contributed by atoms with Gasteiger partial charge in [-0.15, -0.1) is 0 Å². The van der Waals surface area contributed by atoms with E-state index in [9.17, 15) is 18.0 Å². The molecule has 1 saturated carbocycles.